The van der Waals surface area contributed by atoms with E-state index >= 15 is 0 Å². The van der Waals surface area contributed by atoms with E-state index in [4.69, 9.17) is 0 Å². The Kier molecular flexibility index (Phi) is 8.58. The van der Waals surface area contributed by atoms with Gasteiger partial charge in [0.05, 0.1) is 12.1 Å². The van der Waals surface area contributed by atoms with Crippen molar-refractivity contribution in [2.75, 3.05) is 27.7 Å². The van der Waals surface area contributed by atoms with Crippen LogP contribution in [0.3, 0.4) is 0 Å². The van der Waals surface area contributed by atoms with E-state index in [9.17, 15) is 24.3 Å². The molecule has 3 rings (SSSR count). The van der Waals surface area contributed by atoms with Crippen LogP contribution in [0.4, 0.5) is 0 Å². The Bertz CT molecular complexity index is 998. The van der Waals surface area contributed by atoms with Crippen molar-refractivity contribution in [3.05, 3.63) is 33.8 Å². The van der Waals surface area contributed by atoms with E-state index in [1.54, 1.807) is 26.0 Å². The van der Waals surface area contributed by atoms with Gasteiger partial charge >= 0.3 is 5.97 Å². The molecule has 1 saturated heterocycles. The Hall–Kier alpha value is -2.46. The molecule has 35 heavy (non-hydrogen) atoms. The van der Waals surface area contributed by atoms with Crippen molar-refractivity contribution < 1.29 is 24.3 Å². The minimum Gasteiger partial charge on any atom is -0.480 e. The fourth-order valence-corrected chi connectivity index (χ4v) is 5.82. The van der Waals surface area contributed by atoms with Crippen LogP contribution in [0.1, 0.15) is 37.8 Å². The van der Waals surface area contributed by atoms with E-state index in [1.807, 2.05) is 36.9 Å². The van der Waals surface area contributed by atoms with Gasteiger partial charge in [-0.1, -0.05) is 35.8 Å². The summed E-state index contributed by atoms with van der Waals surface area (Å²) >= 11 is 3.51. The third-order valence-electron chi connectivity index (χ3n) is 6.92. The molecule has 0 aromatic heterocycles. The molecule has 1 aromatic carbocycles. The van der Waals surface area contributed by atoms with Crippen molar-refractivity contribution in [3.8, 4) is 0 Å². The quantitative estimate of drug-likeness (QED) is 0.590. The number of fused-ring (bicyclic) bond motifs is 3. The van der Waals surface area contributed by atoms with Gasteiger partial charge in [-0.25, -0.2) is 4.79 Å². The van der Waals surface area contributed by atoms with Crippen LogP contribution >= 0.6 is 15.9 Å². The van der Waals surface area contributed by atoms with E-state index < -0.39 is 36.0 Å². The monoisotopic (exact) mass is 550 g/mol. The lowest BCUT2D eigenvalue weighted by atomic mass is 9.98. The third kappa shape index (κ3) is 6.03. The molecule has 0 unspecified atom stereocenters. The Morgan fingerprint density at radius 1 is 1.14 bits per heavy atom. The molecule has 9 nitrogen and oxygen atoms in total. The Labute approximate surface area is 214 Å². The van der Waals surface area contributed by atoms with Crippen LogP contribution in [-0.2, 0) is 32.0 Å². The largest absolute Gasteiger partial charge is 0.480 e. The molecular weight excluding hydrogens is 516 g/mol. The number of benzene rings is 1. The third-order valence-corrected chi connectivity index (χ3v) is 7.38. The summed E-state index contributed by atoms with van der Waals surface area (Å²) in [5, 5.41) is 12.5. The molecule has 192 valence electrons. The minimum absolute atomic E-state index is 0.0403. The Morgan fingerprint density at radius 2 is 1.80 bits per heavy atom. The van der Waals surface area contributed by atoms with Gasteiger partial charge in [0.25, 0.3) is 0 Å². The zero-order valence-corrected chi connectivity index (χ0v) is 22.5. The predicted molar refractivity (Wildman–Crippen MR) is 135 cm³/mol. The number of amides is 3. The maximum Gasteiger partial charge on any atom is 0.326 e. The van der Waals surface area contributed by atoms with Gasteiger partial charge in [-0.15, -0.1) is 0 Å². The second-order valence-corrected chi connectivity index (χ2v) is 11.0. The second kappa shape index (κ2) is 11.1. The number of carbonyl (C=O) groups is 4. The molecule has 0 radical (unpaired) electrons. The molecule has 4 atom stereocenters. The Balaban J connectivity index is 2.07. The maximum atomic E-state index is 13.7. The number of rotatable bonds is 3. The number of hydrogen-bond acceptors (Lipinski definition) is 5. The van der Waals surface area contributed by atoms with Crippen molar-refractivity contribution in [2.45, 2.75) is 63.7 Å². The molecule has 10 heteroatoms. The van der Waals surface area contributed by atoms with E-state index in [2.05, 4.69) is 21.2 Å². The molecular formula is C25H35BrN4O5. The van der Waals surface area contributed by atoms with Gasteiger partial charge in [-0.2, -0.15) is 0 Å². The van der Waals surface area contributed by atoms with Gasteiger partial charge in [-0.3, -0.25) is 19.3 Å². The van der Waals surface area contributed by atoms with Crippen molar-refractivity contribution in [3.63, 3.8) is 0 Å². The van der Waals surface area contributed by atoms with Gasteiger partial charge in [0.2, 0.25) is 17.7 Å². The summed E-state index contributed by atoms with van der Waals surface area (Å²) < 4.78 is 0.808. The number of carboxylic acids is 1. The summed E-state index contributed by atoms with van der Waals surface area (Å²) in [7, 11) is 5.02. The number of halogens is 1. The average molecular weight is 551 g/mol. The average Bonchev–Trinajstić information content (AvgIpc) is 3.18. The molecule has 2 N–H and O–H groups in total. The molecule has 1 fully saturated rings. The number of hydrogen-bond donors (Lipinski definition) is 2. The zero-order valence-electron chi connectivity index (χ0n) is 21.0. The lowest BCUT2D eigenvalue weighted by Crippen LogP contribution is -2.58. The number of carbonyl (C=O) groups excluding carboxylic acids is 3. The smallest absolute Gasteiger partial charge is 0.326 e. The maximum absolute atomic E-state index is 13.7. The highest BCUT2D eigenvalue weighted by Crippen LogP contribution is 2.29. The predicted octanol–water partition coefficient (Wildman–Crippen LogP) is 1.52. The van der Waals surface area contributed by atoms with Crippen molar-refractivity contribution in [1.29, 1.82) is 0 Å². The van der Waals surface area contributed by atoms with Crippen LogP contribution in [0, 0.1) is 5.92 Å². The van der Waals surface area contributed by atoms with Crippen LogP contribution in [-0.4, -0.2) is 95.4 Å². The lowest BCUT2D eigenvalue weighted by Gasteiger charge is -2.36. The van der Waals surface area contributed by atoms with Gasteiger partial charge in [0.15, 0.2) is 0 Å². The number of carboxylic acid groups (broad SMARTS) is 1. The molecule has 0 spiro atoms. The highest BCUT2D eigenvalue weighted by atomic mass is 79.9. The van der Waals surface area contributed by atoms with Crippen LogP contribution in [0.25, 0.3) is 0 Å². The summed E-state index contributed by atoms with van der Waals surface area (Å²) in [6.45, 7) is 4.15. The van der Waals surface area contributed by atoms with Crippen LogP contribution in [0.2, 0.25) is 0 Å². The van der Waals surface area contributed by atoms with Crippen molar-refractivity contribution in [2.24, 2.45) is 5.92 Å². The molecule has 0 aliphatic carbocycles. The lowest BCUT2D eigenvalue weighted by molar-refractivity contribution is -0.147. The molecule has 2 heterocycles. The van der Waals surface area contributed by atoms with Gasteiger partial charge < -0.3 is 20.2 Å². The van der Waals surface area contributed by atoms with Gasteiger partial charge in [0, 0.05) is 38.6 Å². The molecule has 2 bridgehead atoms. The van der Waals surface area contributed by atoms with Crippen LogP contribution in [0.15, 0.2) is 22.7 Å². The first-order valence-electron chi connectivity index (χ1n) is 12.0. The first kappa shape index (κ1) is 27.1. The van der Waals surface area contributed by atoms with Gasteiger partial charge in [0.1, 0.15) is 12.1 Å². The zero-order chi connectivity index (χ0) is 26.0. The first-order chi connectivity index (χ1) is 16.4. The summed E-state index contributed by atoms with van der Waals surface area (Å²) in [5.74, 6) is -2.14. The van der Waals surface area contributed by atoms with E-state index in [0.29, 0.717) is 25.8 Å². The highest BCUT2D eigenvalue weighted by Gasteiger charge is 2.44. The summed E-state index contributed by atoms with van der Waals surface area (Å²) in [6, 6.07) is 2.84. The van der Waals surface area contributed by atoms with Crippen molar-refractivity contribution >= 4 is 39.6 Å². The van der Waals surface area contributed by atoms with E-state index in [1.165, 1.54) is 4.90 Å². The molecule has 2 aliphatic rings. The summed E-state index contributed by atoms with van der Waals surface area (Å²) in [5.41, 5.74) is 1.74. The summed E-state index contributed by atoms with van der Waals surface area (Å²) in [6.07, 6.45) is 1.78. The highest BCUT2D eigenvalue weighted by molar-refractivity contribution is 9.10. The fourth-order valence-electron chi connectivity index (χ4n) is 5.23. The number of nitrogens with zero attached hydrogens (tertiary/aromatic N) is 3. The van der Waals surface area contributed by atoms with E-state index in [0.717, 1.165) is 15.6 Å². The van der Waals surface area contributed by atoms with Crippen LogP contribution in [0.5, 0.6) is 0 Å². The minimum atomic E-state index is -1.13. The fraction of sp³-hybridized carbons (Fsp3) is 0.600. The van der Waals surface area contributed by atoms with Crippen LogP contribution < -0.4 is 5.32 Å². The Morgan fingerprint density at radius 3 is 2.40 bits per heavy atom. The van der Waals surface area contributed by atoms with Crippen molar-refractivity contribution in [1.82, 2.24) is 20.0 Å². The number of aliphatic carboxylic acids is 1. The topological polar surface area (TPSA) is 110 Å². The standard InChI is InChI=1S/C25H35BrN4O5/c1-14(2)21-22(31)27-18(25(34)35)13-16-10-15(11-17(26)12-16)8-9-30-19(23(32)28(3)4)6-7-20(30)24(33)29(21)5/h10-12,14,18-21H,6-9,13H2,1-5H3,(H,27,31)(H,34,35)/t18-,19-,20+,21-/m0/s1. The first-order valence-corrected chi connectivity index (χ1v) is 12.7. The second-order valence-electron chi connectivity index (χ2n) is 10.0. The van der Waals surface area contributed by atoms with Gasteiger partial charge in [-0.05, 0) is 48.4 Å². The van der Waals surface area contributed by atoms with E-state index in [-0.39, 0.29) is 24.2 Å². The molecule has 3 amide bonds. The molecule has 0 saturated carbocycles. The summed E-state index contributed by atoms with van der Waals surface area (Å²) in [4.78, 5) is 56.9. The SMILES string of the molecule is CC(C)[C@H]1C(=O)N[C@H](C(=O)O)Cc2cc(Br)cc(c2)CCN2[C@H](CC[C@H]2C(=O)N(C)C)C(=O)N1C. The molecule has 1 aromatic rings. The molecule has 2 aliphatic heterocycles. The number of nitrogens with one attached hydrogen (secondary N) is 1. The number of likely N-dealkylation sites (N-methyl/N-ethyl adjacent to an activating group) is 2. The normalized spacial score (nSPS) is 26.2.